The third-order valence-corrected chi connectivity index (χ3v) is 3.26. The van der Waals surface area contributed by atoms with Gasteiger partial charge in [0.05, 0.1) is 4.92 Å². The molecule has 0 saturated heterocycles. The smallest absolute Gasteiger partial charge is 0.295 e. The van der Waals surface area contributed by atoms with Gasteiger partial charge in [-0.1, -0.05) is 17.7 Å². The molecule has 0 heterocycles. The van der Waals surface area contributed by atoms with E-state index in [0.717, 1.165) is 23.3 Å². The van der Waals surface area contributed by atoms with Crippen LogP contribution in [-0.4, -0.2) is 4.92 Å². The number of anilines is 1. The first kappa shape index (κ1) is 15.2. The molecule has 0 aliphatic heterocycles. The predicted octanol–water partition coefficient (Wildman–Crippen LogP) is 4.45. The maximum absolute atomic E-state index is 13.7. The Morgan fingerprint density at radius 2 is 2.00 bits per heavy atom. The van der Waals surface area contributed by atoms with Gasteiger partial charge in [0.25, 0.3) is 5.69 Å². The third-order valence-electron chi connectivity index (χ3n) is 3.03. The number of hydrogen-bond donors (Lipinski definition) is 1. The molecule has 2 aromatic carbocycles. The molecule has 21 heavy (non-hydrogen) atoms. The SMILES string of the molecule is Cc1cc(Cl)ccc1CNc1c([N+](=O)[O-])ccc(F)c1F. The first-order chi connectivity index (χ1) is 9.90. The quantitative estimate of drug-likeness (QED) is 0.670. The molecule has 0 aliphatic carbocycles. The zero-order valence-corrected chi connectivity index (χ0v) is 11.7. The molecule has 0 bridgehead atoms. The topological polar surface area (TPSA) is 55.2 Å². The van der Waals surface area contributed by atoms with Crippen LogP contribution in [0.3, 0.4) is 0 Å². The molecule has 0 unspecified atom stereocenters. The highest BCUT2D eigenvalue weighted by atomic mass is 35.5. The summed E-state index contributed by atoms with van der Waals surface area (Å²) in [5.74, 6) is -2.41. The van der Waals surface area contributed by atoms with Crippen LogP contribution in [0.5, 0.6) is 0 Å². The van der Waals surface area contributed by atoms with Crippen LogP contribution in [0.1, 0.15) is 11.1 Å². The molecule has 4 nitrogen and oxygen atoms in total. The fourth-order valence-corrected chi connectivity index (χ4v) is 2.13. The standard InChI is InChI=1S/C14H11ClF2N2O2/c1-8-6-10(15)3-2-9(8)7-18-14-12(19(20)21)5-4-11(16)13(14)17/h2-6,18H,7H2,1H3. The lowest BCUT2D eigenvalue weighted by atomic mass is 10.1. The Balaban J connectivity index is 2.31. The van der Waals surface area contributed by atoms with Crippen molar-refractivity contribution in [2.24, 2.45) is 0 Å². The average molecular weight is 313 g/mol. The van der Waals surface area contributed by atoms with Gasteiger partial charge in [0.1, 0.15) is 0 Å². The van der Waals surface area contributed by atoms with Crippen LogP contribution in [0.4, 0.5) is 20.2 Å². The molecule has 0 atom stereocenters. The van der Waals surface area contributed by atoms with Gasteiger partial charge in [-0.3, -0.25) is 10.1 Å². The summed E-state index contributed by atoms with van der Waals surface area (Å²) in [4.78, 5) is 10.1. The second-order valence-corrected chi connectivity index (χ2v) is 4.87. The van der Waals surface area contributed by atoms with E-state index in [2.05, 4.69) is 5.32 Å². The number of nitrogens with zero attached hydrogens (tertiary/aromatic N) is 1. The summed E-state index contributed by atoms with van der Waals surface area (Å²) >= 11 is 5.83. The van der Waals surface area contributed by atoms with Crippen molar-refractivity contribution in [3.8, 4) is 0 Å². The second-order valence-electron chi connectivity index (χ2n) is 4.44. The van der Waals surface area contributed by atoms with Crippen LogP contribution in [0.15, 0.2) is 30.3 Å². The molecule has 0 amide bonds. The lowest BCUT2D eigenvalue weighted by Gasteiger charge is -2.11. The molecular weight excluding hydrogens is 302 g/mol. The Labute approximate surface area is 124 Å². The highest BCUT2D eigenvalue weighted by molar-refractivity contribution is 6.30. The molecule has 0 aliphatic rings. The van der Waals surface area contributed by atoms with E-state index in [4.69, 9.17) is 11.6 Å². The van der Waals surface area contributed by atoms with Gasteiger partial charge in [0, 0.05) is 17.6 Å². The fraction of sp³-hybridized carbons (Fsp3) is 0.143. The van der Waals surface area contributed by atoms with Crippen molar-refractivity contribution >= 4 is 23.0 Å². The second kappa shape index (κ2) is 6.05. The number of aryl methyl sites for hydroxylation is 1. The number of rotatable bonds is 4. The summed E-state index contributed by atoms with van der Waals surface area (Å²) in [6, 6.07) is 6.74. The van der Waals surface area contributed by atoms with Gasteiger partial charge in [-0.2, -0.15) is 0 Å². The maximum atomic E-state index is 13.7. The van der Waals surface area contributed by atoms with E-state index in [1.807, 2.05) is 0 Å². The Bertz CT molecular complexity index is 708. The third kappa shape index (κ3) is 3.28. The van der Waals surface area contributed by atoms with Crippen molar-refractivity contribution in [2.75, 3.05) is 5.32 Å². The van der Waals surface area contributed by atoms with Crippen molar-refractivity contribution < 1.29 is 13.7 Å². The molecule has 0 aromatic heterocycles. The number of benzene rings is 2. The number of nitro benzene ring substituents is 1. The maximum Gasteiger partial charge on any atom is 0.295 e. The largest absolute Gasteiger partial charge is 0.373 e. The normalized spacial score (nSPS) is 10.5. The summed E-state index contributed by atoms with van der Waals surface area (Å²) in [7, 11) is 0. The number of nitro groups is 1. The van der Waals surface area contributed by atoms with Crippen molar-refractivity contribution in [3.63, 3.8) is 0 Å². The molecule has 2 rings (SSSR count). The minimum atomic E-state index is -1.27. The molecular formula is C14H11ClF2N2O2. The molecule has 0 radical (unpaired) electrons. The van der Waals surface area contributed by atoms with E-state index in [-0.39, 0.29) is 6.54 Å². The zero-order chi connectivity index (χ0) is 15.6. The van der Waals surface area contributed by atoms with Crippen molar-refractivity contribution in [2.45, 2.75) is 13.5 Å². The lowest BCUT2D eigenvalue weighted by Crippen LogP contribution is -2.07. The molecule has 2 aromatic rings. The van der Waals surface area contributed by atoms with E-state index < -0.39 is 27.9 Å². The van der Waals surface area contributed by atoms with Crippen LogP contribution in [0.2, 0.25) is 5.02 Å². The van der Waals surface area contributed by atoms with Crippen LogP contribution in [0.25, 0.3) is 0 Å². The van der Waals surface area contributed by atoms with E-state index in [0.29, 0.717) is 5.02 Å². The Morgan fingerprint density at radius 1 is 1.29 bits per heavy atom. The van der Waals surface area contributed by atoms with Crippen LogP contribution in [0, 0.1) is 28.7 Å². The monoisotopic (exact) mass is 312 g/mol. The predicted molar refractivity (Wildman–Crippen MR) is 76.5 cm³/mol. The van der Waals surface area contributed by atoms with Crippen LogP contribution >= 0.6 is 11.6 Å². The van der Waals surface area contributed by atoms with Crippen LogP contribution in [-0.2, 0) is 6.54 Å². The van der Waals surface area contributed by atoms with Gasteiger partial charge < -0.3 is 5.32 Å². The van der Waals surface area contributed by atoms with E-state index in [9.17, 15) is 18.9 Å². The average Bonchev–Trinajstić information content (AvgIpc) is 2.41. The number of nitrogens with one attached hydrogen (secondary N) is 1. The minimum Gasteiger partial charge on any atom is -0.373 e. The highest BCUT2D eigenvalue weighted by Gasteiger charge is 2.21. The van der Waals surface area contributed by atoms with Gasteiger partial charge >= 0.3 is 0 Å². The summed E-state index contributed by atoms with van der Waals surface area (Å²) in [5.41, 5.74) is 0.640. The van der Waals surface area contributed by atoms with Gasteiger partial charge in [-0.25, -0.2) is 8.78 Å². The number of halogens is 3. The molecule has 7 heteroatoms. The highest BCUT2D eigenvalue weighted by Crippen LogP contribution is 2.29. The summed E-state index contributed by atoms with van der Waals surface area (Å²) in [6.45, 7) is 1.92. The van der Waals surface area contributed by atoms with Gasteiger partial charge in [-0.05, 0) is 36.2 Å². The minimum absolute atomic E-state index is 0.115. The first-order valence-electron chi connectivity index (χ1n) is 6.01. The Morgan fingerprint density at radius 3 is 2.62 bits per heavy atom. The molecule has 110 valence electrons. The number of hydrogen-bond acceptors (Lipinski definition) is 3. The molecule has 0 spiro atoms. The Kier molecular flexibility index (Phi) is 4.37. The first-order valence-corrected chi connectivity index (χ1v) is 6.39. The summed E-state index contributed by atoms with van der Waals surface area (Å²) < 4.78 is 27.0. The van der Waals surface area contributed by atoms with Gasteiger partial charge in [-0.15, -0.1) is 0 Å². The summed E-state index contributed by atoms with van der Waals surface area (Å²) in [5, 5.41) is 14.0. The van der Waals surface area contributed by atoms with Crippen molar-refractivity contribution in [1.82, 2.24) is 0 Å². The van der Waals surface area contributed by atoms with Crippen molar-refractivity contribution in [3.05, 3.63) is 68.2 Å². The Hall–Kier alpha value is -2.21. The zero-order valence-electron chi connectivity index (χ0n) is 11.0. The van der Waals surface area contributed by atoms with E-state index in [1.54, 1.807) is 25.1 Å². The molecule has 0 saturated carbocycles. The molecule has 0 fully saturated rings. The van der Waals surface area contributed by atoms with Crippen LogP contribution < -0.4 is 5.32 Å². The van der Waals surface area contributed by atoms with E-state index >= 15 is 0 Å². The lowest BCUT2D eigenvalue weighted by molar-refractivity contribution is -0.384. The summed E-state index contributed by atoms with van der Waals surface area (Å²) in [6.07, 6.45) is 0. The van der Waals surface area contributed by atoms with Gasteiger partial charge in [0.15, 0.2) is 17.3 Å². The van der Waals surface area contributed by atoms with Gasteiger partial charge in [0.2, 0.25) is 0 Å². The van der Waals surface area contributed by atoms with E-state index in [1.165, 1.54) is 0 Å². The molecule has 1 N–H and O–H groups in total. The van der Waals surface area contributed by atoms with Crippen molar-refractivity contribution in [1.29, 1.82) is 0 Å². The fourth-order valence-electron chi connectivity index (χ4n) is 1.90.